The first kappa shape index (κ1) is 51.9. The van der Waals surface area contributed by atoms with E-state index in [4.69, 9.17) is 10.2 Å². The van der Waals surface area contributed by atoms with Gasteiger partial charge in [-0.05, 0) is 167 Å². The molecule has 15 rings (SSSR count). The maximum atomic E-state index is 5.24. The minimum atomic E-state index is -0.581. The van der Waals surface area contributed by atoms with E-state index >= 15 is 0 Å². The molecule has 1 aromatic heterocycles. The molecule has 3 nitrogen and oxygen atoms in total. The first-order chi connectivity index (χ1) is 41.8. The van der Waals surface area contributed by atoms with Gasteiger partial charge in [0.05, 0.1) is 16.5 Å². The zero-order chi connectivity index (χ0) is 57.2. The van der Waals surface area contributed by atoms with Crippen molar-refractivity contribution in [3.8, 4) is 73.0 Å². The highest BCUT2D eigenvalue weighted by Crippen LogP contribution is 2.58. The van der Waals surface area contributed by atoms with Crippen LogP contribution in [-0.2, 0) is 23.7 Å². The third-order valence-electron chi connectivity index (χ3n) is 18.1. The van der Waals surface area contributed by atoms with Crippen LogP contribution in [0.25, 0.3) is 83.7 Å². The number of nitrogens with zero attached hydrogens (tertiary/aromatic N) is 3. The van der Waals surface area contributed by atoms with Crippen LogP contribution in [0.5, 0.6) is 0 Å². The number of aromatic nitrogens is 3. The normalized spacial score (nSPS) is 13.4. The van der Waals surface area contributed by atoms with E-state index in [1.165, 1.54) is 77.9 Å². The van der Waals surface area contributed by atoms with Crippen molar-refractivity contribution < 1.29 is 0 Å². The summed E-state index contributed by atoms with van der Waals surface area (Å²) in [5.74, 6) is 2.66. The Hall–Kier alpha value is -9.96. The molecule has 0 N–H and O–H groups in total. The van der Waals surface area contributed by atoms with Gasteiger partial charge >= 0.3 is 0 Å². The van der Waals surface area contributed by atoms with Crippen molar-refractivity contribution in [2.45, 2.75) is 51.4 Å². The minimum Gasteiger partial charge on any atom is -0.274 e. The minimum absolute atomic E-state index is 0.558. The average molecular weight is 1090 g/mol. The zero-order valence-corrected chi connectivity index (χ0v) is 48.5. The van der Waals surface area contributed by atoms with Gasteiger partial charge in [-0.2, -0.15) is 0 Å². The molecule has 12 aromatic carbocycles. The summed E-state index contributed by atoms with van der Waals surface area (Å²) in [5, 5.41) is 12.6. The van der Waals surface area contributed by atoms with Crippen LogP contribution in [0.2, 0.25) is 0 Å². The fraction of sp³-hybridized carbons (Fsp3) is 0.122. The van der Waals surface area contributed by atoms with E-state index in [0.717, 1.165) is 74.3 Å². The second-order valence-corrected chi connectivity index (χ2v) is 24.3. The van der Waals surface area contributed by atoms with Gasteiger partial charge in [-0.25, -0.2) is 0 Å². The summed E-state index contributed by atoms with van der Waals surface area (Å²) >= 11 is 0. The van der Waals surface area contributed by atoms with Gasteiger partial charge in [0.25, 0.3) is 0 Å². The Bertz CT molecular complexity index is 4350. The topological polar surface area (TPSA) is 30.7 Å². The zero-order valence-electron chi connectivity index (χ0n) is 48.5. The lowest BCUT2D eigenvalue weighted by molar-refractivity contribution is 0.646. The van der Waals surface area contributed by atoms with Crippen molar-refractivity contribution in [1.29, 1.82) is 0 Å². The van der Waals surface area contributed by atoms with Crippen molar-refractivity contribution in [3.63, 3.8) is 0 Å². The Labute approximate surface area is 499 Å². The molecule has 0 saturated heterocycles. The molecular formula is C82H65N3. The first-order valence-corrected chi connectivity index (χ1v) is 30.2. The number of hydrogen-bond donors (Lipinski definition) is 0. The Morgan fingerprint density at radius 2 is 0.682 bits per heavy atom. The fourth-order valence-corrected chi connectivity index (χ4v) is 14.6. The van der Waals surface area contributed by atoms with Crippen molar-refractivity contribution in [1.82, 2.24) is 14.8 Å². The van der Waals surface area contributed by atoms with Crippen LogP contribution >= 0.6 is 0 Å². The number of hydrogen-bond acceptors (Lipinski definition) is 2. The first-order valence-electron chi connectivity index (χ1n) is 30.2. The van der Waals surface area contributed by atoms with Crippen molar-refractivity contribution in [3.05, 3.63) is 341 Å². The molecule has 0 bridgehead atoms. The van der Waals surface area contributed by atoms with Crippen molar-refractivity contribution in [2.75, 3.05) is 0 Å². The molecule has 0 radical (unpaired) electrons. The van der Waals surface area contributed by atoms with Gasteiger partial charge in [-0.15, -0.1) is 10.2 Å². The van der Waals surface area contributed by atoms with E-state index in [2.05, 4.69) is 317 Å². The van der Waals surface area contributed by atoms with Gasteiger partial charge in [-0.1, -0.05) is 276 Å². The van der Waals surface area contributed by atoms with E-state index in [1.807, 2.05) is 0 Å². The summed E-state index contributed by atoms with van der Waals surface area (Å²) in [5.41, 5.74) is 24.2. The molecule has 1 heterocycles. The largest absolute Gasteiger partial charge is 0.274 e. The molecule has 13 aromatic rings. The van der Waals surface area contributed by atoms with Gasteiger partial charge < -0.3 is 0 Å². The Kier molecular flexibility index (Phi) is 12.8. The molecule has 3 heteroatoms. The van der Waals surface area contributed by atoms with Gasteiger partial charge in [0, 0.05) is 16.5 Å². The molecule has 85 heavy (non-hydrogen) atoms. The lowest BCUT2D eigenvalue weighted by Gasteiger charge is -2.34. The highest BCUT2D eigenvalue weighted by Gasteiger charge is 2.47. The SMILES string of the molecule is CC(C)Cc1ccc(C2(c3cccc(-c4cc(-c5cccc(C6(c7ccc(CC(C)C)cc7)c7ccccc7-c7ccccc76)c5)cc(-c5nnc(-c6ccccc6)n5-c5cccc6ccccc56)c4)c3)c3ccccc3-c3ccccc32)cc1. The smallest absolute Gasteiger partial charge is 0.168 e. The van der Waals surface area contributed by atoms with E-state index in [0.29, 0.717) is 11.8 Å². The third kappa shape index (κ3) is 8.55. The lowest BCUT2D eigenvalue weighted by Crippen LogP contribution is -2.28. The maximum absolute atomic E-state index is 5.24. The summed E-state index contributed by atoms with van der Waals surface area (Å²) in [6.45, 7) is 9.20. The Morgan fingerprint density at radius 1 is 0.306 bits per heavy atom. The lowest BCUT2D eigenvalue weighted by atomic mass is 9.67. The fourth-order valence-electron chi connectivity index (χ4n) is 14.6. The monoisotopic (exact) mass is 1090 g/mol. The predicted octanol–water partition coefficient (Wildman–Crippen LogP) is 20.2. The van der Waals surface area contributed by atoms with Gasteiger partial charge in [0.1, 0.15) is 0 Å². The second-order valence-electron chi connectivity index (χ2n) is 24.3. The Morgan fingerprint density at radius 3 is 1.15 bits per heavy atom. The molecule has 0 saturated carbocycles. The summed E-state index contributed by atoms with van der Waals surface area (Å²) in [4.78, 5) is 0. The van der Waals surface area contributed by atoms with Crippen LogP contribution in [0, 0.1) is 11.8 Å². The van der Waals surface area contributed by atoms with E-state index in [9.17, 15) is 0 Å². The molecule has 2 aliphatic carbocycles. The van der Waals surface area contributed by atoms with E-state index in [-0.39, 0.29) is 0 Å². The van der Waals surface area contributed by atoms with Crippen LogP contribution in [0.4, 0.5) is 0 Å². The van der Waals surface area contributed by atoms with Crippen LogP contribution < -0.4 is 0 Å². The van der Waals surface area contributed by atoms with Crippen molar-refractivity contribution in [2.24, 2.45) is 11.8 Å². The number of fused-ring (bicyclic) bond motifs is 7. The number of rotatable bonds is 13. The molecule has 0 amide bonds. The summed E-state index contributed by atoms with van der Waals surface area (Å²) in [6, 6.07) is 107. The Balaban J connectivity index is 0.981. The van der Waals surface area contributed by atoms with Crippen LogP contribution in [0.1, 0.15) is 83.3 Å². The van der Waals surface area contributed by atoms with E-state index in [1.54, 1.807) is 0 Å². The standard InChI is InChI=1S/C82H65N3/c1-54(2)47-56-39-43-65(44-40-56)81(74-34-14-10-30-70(74)71-31-11-15-35-75(71)81)67-27-18-25-60(52-67)62-49-63(51-64(50-62)80-84-83-79(59-22-6-5-7-23-59)85(80)78-38-20-24-58-21-8-9-29-69(58)78)61-26-19-28-68(53-61)82(66-45-41-57(42-46-66)48-55(3)4)76-36-16-12-32-72(76)73-33-13-17-37-77(73)82/h5-46,49-55H,47-48H2,1-4H3. The highest BCUT2D eigenvalue weighted by molar-refractivity contribution is 5.93. The summed E-state index contributed by atoms with van der Waals surface area (Å²) in [7, 11) is 0. The van der Waals surface area contributed by atoms with Crippen LogP contribution in [0.3, 0.4) is 0 Å². The molecule has 2 aliphatic rings. The molecule has 0 spiro atoms. The maximum Gasteiger partial charge on any atom is 0.168 e. The molecular weight excluding hydrogens is 1030 g/mol. The molecule has 0 atom stereocenters. The van der Waals surface area contributed by atoms with Crippen molar-refractivity contribution >= 4 is 10.8 Å². The second kappa shape index (κ2) is 21.0. The predicted molar refractivity (Wildman–Crippen MR) is 352 cm³/mol. The summed E-state index contributed by atoms with van der Waals surface area (Å²) in [6.07, 6.45) is 2.07. The number of benzene rings is 12. The van der Waals surface area contributed by atoms with Crippen LogP contribution in [-0.4, -0.2) is 14.8 Å². The molecule has 0 aliphatic heterocycles. The highest BCUT2D eigenvalue weighted by atomic mass is 15.3. The third-order valence-corrected chi connectivity index (χ3v) is 18.1. The van der Waals surface area contributed by atoms with E-state index < -0.39 is 10.8 Å². The summed E-state index contributed by atoms with van der Waals surface area (Å²) < 4.78 is 2.28. The van der Waals surface area contributed by atoms with Gasteiger partial charge in [0.15, 0.2) is 11.6 Å². The van der Waals surface area contributed by atoms with Gasteiger partial charge in [0.2, 0.25) is 0 Å². The molecule has 408 valence electrons. The molecule has 0 fully saturated rings. The molecule has 0 unspecified atom stereocenters. The quantitative estimate of drug-likeness (QED) is 0.115. The van der Waals surface area contributed by atoms with Crippen LogP contribution in [0.15, 0.2) is 285 Å². The van der Waals surface area contributed by atoms with Gasteiger partial charge in [-0.3, -0.25) is 4.57 Å². The average Bonchev–Trinajstić information content (AvgIpc) is 2.05.